The van der Waals surface area contributed by atoms with Crippen LogP contribution >= 0.6 is 0 Å². The van der Waals surface area contributed by atoms with Crippen molar-refractivity contribution in [3.63, 3.8) is 0 Å². The molecule has 0 amide bonds. The van der Waals surface area contributed by atoms with E-state index in [1.807, 2.05) is 0 Å². The van der Waals surface area contributed by atoms with Gasteiger partial charge in [-0.2, -0.15) is 8.42 Å². The van der Waals surface area contributed by atoms with E-state index in [-0.39, 0.29) is 18.0 Å². The lowest BCUT2D eigenvalue weighted by Crippen LogP contribution is -2.14. The summed E-state index contributed by atoms with van der Waals surface area (Å²) in [5.41, 5.74) is 5.83. The predicted octanol–water partition coefficient (Wildman–Crippen LogP) is 0.659. The molecule has 0 aliphatic rings. The van der Waals surface area contributed by atoms with Crippen LogP contribution in [0.5, 0.6) is 0 Å². The highest BCUT2D eigenvalue weighted by molar-refractivity contribution is 7.86. The van der Waals surface area contributed by atoms with Crippen LogP contribution in [0.15, 0.2) is 29.2 Å². The van der Waals surface area contributed by atoms with Crippen LogP contribution in [-0.2, 0) is 14.3 Å². The van der Waals surface area contributed by atoms with Gasteiger partial charge in [0, 0.05) is 6.54 Å². The SMILES string of the molecule is Cc1ccccc1S(=O)(=O)OCCN. The van der Waals surface area contributed by atoms with Crippen molar-refractivity contribution < 1.29 is 12.6 Å². The van der Waals surface area contributed by atoms with E-state index < -0.39 is 10.1 Å². The Morgan fingerprint density at radius 3 is 2.57 bits per heavy atom. The van der Waals surface area contributed by atoms with Gasteiger partial charge in [0.05, 0.1) is 11.5 Å². The number of nitrogens with two attached hydrogens (primary N) is 1. The molecule has 78 valence electrons. The van der Waals surface area contributed by atoms with Gasteiger partial charge in [-0.3, -0.25) is 4.18 Å². The molecule has 14 heavy (non-hydrogen) atoms. The van der Waals surface area contributed by atoms with Crippen molar-refractivity contribution in [1.29, 1.82) is 0 Å². The average Bonchev–Trinajstić information content (AvgIpc) is 2.15. The van der Waals surface area contributed by atoms with Crippen molar-refractivity contribution >= 4 is 10.1 Å². The molecule has 0 saturated heterocycles. The zero-order valence-corrected chi connectivity index (χ0v) is 8.75. The molecular formula is C9H13NO3S. The number of rotatable bonds is 4. The topological polar surface area (TPSA) is 69.4 Å². The van der Waals surface area contributed by atoms with Gasteiger partial charge in [0.1, 0.15) is 0 Å². The third-order valence-electron chi connectivity index (χ3n) is 1.72. The van der Waals surface area contributed by atoms with Gasteiger partial charge in [0.15, 0.2) is 0 Å². The lowest BCUT2D eigenvalue weighted by atomic mass is 10.2. The third-order valence-corrected chi connectivity index (χ3v) is 3.19. The second-order valence-corrected chi connectivity index (χ2v) is 4.41. The summed E-state index contributed by atoms with van der Waals surface area (Å²) in [6, 6.07) is 6.67. The Labute approximate surface area is 83.8 Å². The molecule has 0 spiro atoms. The van der Waals surface area contributed by atoms with Gasteiger partial charge in [-0.15, -0.1) is 0 Å². The Morgan fingerprint density at radius 1 is 1.36 bits per heavy atom. The second-order valence-electron chi connectivity index (χ2n) is 2.83. The summed E-state index contributed by atoms with van der Waals surface area (Å²) in [6.07, 6.45) is 0. The van der Waals surface area contributed by atoms with Crippen LogP contribution in [0.4, 0.5) is 0 Å². The zero-order chi connectivity index (χ0) is 10.6. The molecule has 0 saturated carbocycles. The zero-order valence-electron chi connectivity index (χ0n) is 7.93. The highest BCUT2D eigenvalue weighted by Gasteiger charge is 2.16. The van der Waals surface area contributed by atoms with Gasteiger partial charge in [-0.05, 0) is 18.6 Å². The lowest BCUT2D eigenvalue weighted by molar-refractivity contribution is 0.327. The minimum atomic E-state index is -3.63. The fourth-order valence-corrected chi connectivity index (χ4v) is 2.21. The van der Waals surface area contributed by atoms with Crippen LogP contribution in [0.1, 0.15) is 5.56 Å². The number of hydrogen-bond donors (Lipinski definition) is 1. The number of hydrogen-bond acceptors (Lipinski definition) is 4. The van der Waals surface area contributed by atoms with Gasteiger partial charge >= 0.3 is 0 Å². The molecule has 4 nitrogen and oxygen atoms in total. The Balaban J connectivity index is 2.99. The van der Waals surface area contributed by atoms with Crippen molar-refractivity contribution in [2.24, 2.45) is 5.73 Å². The summed E-state index contributed by atoms with van der Waals surface area (Å²) in [5.74, 6) is 0. The van der Waals surface area contributed by atoms with E-state index in [1.165, 1.54) is 6.07 Å². The predicted molar refractivity (Wildman–Crippen MR) is 53.4 cm³/mol. The van der Waals surface area contributed by atoms with Gasteiger partial charge in [0.25, 0.3) is 10.1 Å². The first kappa shape index (κ1) is 11.2. The lowest BCUT2D eigenvalue weighted by Gasteiger charge is -2.06. The van der Waals surface area contributed by atoms with Gasteiger partial charge in [-0.25, -0.2) is 0 Å². The molecule has 0 heterocycles. The summed E-state index contributed by atoms with van der Waals surface area (Å²) in [6.45, 7) is 1.92. The van der Waals surface area contributed by atoms with Crippen LogP contribution in [0.25, 0.3) is 0 Å². The summed E-state index contributed by atoms with van der Waals surface area (Å²) in [7, 11) is -3.63. The molecule has 0 aliphatic carbocycles. The normalized spacial score (nSPS) is 11.6. The van der Waals surface area contributed by atoms with Crippen LogP contribution in [0.3, 0.4) is 0 Å². The maximum Gasteiger partial charge on any atom is 0.297 e. The van der Waals surface area contributed by atoms with Crippen molar-refractivity contribution in [1.82, 2.24) is 0 Å². The fraction of sp³-hybridized carbons (Fsp3) is 0.333. The second kappa shape index (κ2) is 4.54. The first-order valence-corrected chi connectivity index (χ1v) is 5.64. The van der Waals surface area contributed by atoms with Gasteiger partial charge in [0.2, 0.25) is 0 Å². The van der Waals surface area contributed by atoms with E-state index in [2.05, 4.69) is 0 Å². The van der Waals surface area contributed by atoms with Crippen molar-refractivity contribution in [2.75, 3.05) is 13.2 Å². The van der Waals surface area contributed by atoms with E-state index in [9.17, 15) is 8.42 Å². The minimum Gasteiger partial charge on any atom is -0.328 e. The molecule has 5 heteroatoms. The Hall–Kier alpha value is -0.910. The Bertz CT molecular complexity index is 400. The van der Waals surface area contributed by atoms with Crippen LogP contribution < -0.4 is 5.73 Å². The summed E-state index contributed by atoms with van der Waals surface area (Å²) < 4.78 is 27.8. The summed E-state index contributed by atoms with van der Waals surface area (Å²) in [4.78, 5) is 0.202. The molecule has 0 bridgehead atoms. The van der Waals surface area contributed by atoms with E-state index in [0.29, 0.717) is 5.56 Å². The smallest absolute Gasteiger partial charge is 0.297 e. The molecule has 0 aromatic heterocycles. The van der Waals surface area contributed by atoms with Gasteiger partial charge < -0.3 is 5.73 Å². The molecule has 2 N–H and O–H groups in total. The monoisotopic (exact) mass is 215 g/mol. The Morgan fingerprint density at radius 2 is 2.00 bits per heavy atom. The van der Waals surface area contributed by atoms with E-state index in [0.717, 1.165) is 0 Å². The maximum atomic E-state index is 11.5. The van der Waals surface area contributed by atoms with Crippen molar-refractivity contribution in [3.8, 4) is 0 Å². The van der Waals surface area contributed by atoms with Gasteiger partial charge in [-0.1, -0.05) is 18.2 Å². The number of benzene rings is 1. The quantitative estimate of drug-likeness (QED) is 0.749. The van der Waals surface area contributed by atoms with Crippen molar-refractivity contribution in [2.45, 2.75) is 11.8 Å². The Kier molecular flexibility index (Phi) is 3.62. The first-order chi connectivity index (χ1) is 6.58. The molecular weight excluding hydrogens is 202 g/mol. The van der Waals surface area contributed by atoms with Crippen LogP contribution in [0, 0.1) is 6.92 Å². The molecule has 1 aromatic carbocycles. The third kappa shape index (κ3) is 2.54. The maximum absolute atomic E-state index is 11.5. The molecule has 0 radical (unpaired) electrons. The molecule has 0 fully saturated rings. The minimum absolute atomic E-state index is 0.0106. The highest BCUT2D eigenvalue weighted by Crippen LogP contribution is 2.16. The fourth-order valence-electron chi connectivity index (χ4n) is 1.06. The summed E-state index contributed by atoms with van der Waals surface area (Å²) in [5, 5.41) is 0. The average molecular weight is 215 g/mol. The van der Waals surface area contributed by atoms with E-state index >= 15 is 0 Å². The van der Waals surface area contributed by atoms with Crippen molar-refractivity contribution in [3.05, 3.63) is 29.8 Å². The largest absolute Gasteiger partial charge is 0.328 e. The van der Waals surface area contributed by atoms with Crippen LogP contribution in [0.2, 0.25) is 0 Å². The van der Waals surface area contributed by atoms with E-state index in [1.54, 1.807) is 25.1 Å². The first-order valence-electron chi connectivity index (χ1n) is 4.23. The molecule has 0 atom stereocenters. The number of aryl methyl sites for hydroxylation is 1. The van der Waals surface area contributed by atoms with Crippen LogP contribution in [-0.4, -0.2) is 21.6 Å². The summed E-state index contributed by atoms with van der Waals surface area (Å²) >= 11 is 0. The molecule has 1 aromatic rings. The standard InChI is InChI=1S/C9H13NO3S/c1-8-4-2-3-5-9(8)14(11,12)13-7-6-10/h2-5H,6-7,10H2,1H3. The molecule has 0 unspecified atom stereocenters. The van der Waals surface area contributed by atoms with E-state index in [4.69, 9.17) is 9.92 Å². The highest BCUT2D eigenvalue weighted by atomic mass is 32.2. The molecule has 0 aliphatic heterocycles. The molecule has 1 rings (SSSR count).